The minimum atomic E-state index is -0.0289. The van der Waals surface area contributed by atoms with Crippen LogP contribution in [-0.2, 0) is 5.41 Å². The summed E-state index contributed by atoms with van der Waals surface area (Å²) in [6, 6.07) is 8.99. The fraction of sp³-hybridized carbons (Fsp3) is 0.611. The van der Waals surface area contributed by atoms with Crippen molar-refractivity contribution in [2.45, 2.75) is 71.0 Å². The van der Waals surface area contributed by atoms with Gasteiger partial charge in [0.15, 0.2) is 0 Å². The number of rotatable bonds is 2. The van der Waals surface area contributed by atoms with Gasteiger partial charge in [0.25, 0.3) is 5.91 Å². The van der Waals surface area contributed by atoms with E-state index in [4.69, 9.17) is 0 Å². The summed E-state index contributed by atoms with van der Waals surface area (Å²) in [4.78, 5) is 12.7. The van der Waals surface area contributed by atoms with Gasteiger partial charge >= 0.3 is 0 Å². The molecule has 3 atom stereocenters. The van der Waals surface area contributed by atoms with Crippen molar-refractivity contribution in [1.29, 1.82) is 0 Å². The van der Waals surface area contributed by atoms with Crippen LogP contribution in [0.5, 0.6) is 0 Å². The summed E-state index contributed by atoms with van der Waals surface area (Å²) in [5.74, 6) is 0.0497. The third-order valence-electron chi connectivity index (χ3n) is 4.36. The first kappa shape index (κ1) is 16.0. The lowest BCUT2D eigenvalue weighted by Crippen LogP contribution is -2.54. The zero-order valence-electron chi connectivity index (χ0n) is 13.9. The topological polar surface area (TPSA) is 41.1 Å². The van der Waals surface area contributed by atoms with Crippen LogP contribution in [0.2, 0.25) is 0 Å². The number of carbonyl (C=O) groups excluding carboxylic acids is 1. The van der Waals surface area contributed by atoms with Crippen LogP contribution in [0.4, 0.5) is 0 Å². The Morgan fingerprint density at radius 3 is 2.48 bits per heavy atom. The first-order valence-electron chi connectivity index (χ1n) is 7.95. The fourth-order valence-corrected chi connectivity index (χ4v) is 3.11. The highest BCUT2D eigenvalue weighted by molar-refractivity contribution is 5.96. The minimum absolute atomic E-state index is 0.0289. The van der Waals surface area contributed by atoms with Crippen LogP contribution in [0.25, 0.3) is 0 Å². The molecule has 0 bridgehead atoms. The molecular weight excluding hydrogens is 260 g/mol. The van der Waals surface area contributed by atoms with Gasteiger partial charge in [-0.25, -0.2) is 0 Å². The SMILES string of the molecule is CC1CCC(NC(=O)c2ccccc2C(C)(C)C)C(C)N1. The van der Waals surface area contributed by atoms with Gasteiger partial charge in [-0.05, 0) is 43.7 Å². The zero-order valence-corrected chi connectivity index (χ0v) is 13.9. The van der Waals surface area contributed by atoms with Gasteiger partial charge in [0, 0.05) is 23.7 Å². The maximum absolute atomic E-state index is 12.7. The average molecular weight is 288 g/mol. The summed E-state index contributed by atoms with van der Waals surface area (Å²) in [5, 5.41) is 6.73. The van der Waals surface area contributed by atoms with E-state index in [9.17, 15) is 4.79 Å². The van der Waals surface area contributed by atoms with Crippen molar-refractivity contribution in [3.63, 3.8) is 0 Å². The van der Waals surface area contributed by atoms with Crippen LogP contribution in [-0.4, -0.2) is 24.0 Å². The van der Waals surface area contributed by atoms with Gasteiger partial charge in [0.1, 0.15) is 0 Å². The summed E-state index contributed by atoms with van der Waals surface area (Å²) < 4.78 is 0. The molecule has 0 spiro atoms. The highest BCUT2D eigenvalue weighted by Gasteiger charge is 2.28. The zero-order chi connectivity index (χ0) is 15.6. The fourth-order valence-electron chi connectivity index (χ4n) is 3.11. The Hall–Kier alpha value is -1.35. The largest absolute Gasteiger partial charge is 0.348 e. The lowest BCUT2D eigenvalue weighted by Gasteiger charge is -2.35. The molecule has 0 radical (unpaired) electrons. The van der Waals surface area contributed by atoms with E-state index in [2.05, 4.69) is 51.3 Å². The van der Waals surface area contributed by atoms with Crippen LogP contribution in [0.1, 0.15) is 63.4 Å². The Morgan fingerprint density at radius 1 is 1.19 bits per heavy atom. The number of amides is 1. The number of hydrogen-bond acceptors (Lipinski definition) is 2. The molecule has 2 N–H and O–H groups in total. The predicted molar refractivity (Wildman–Crippen MR) is 87.7 cm³/mol. The smallest absolute Gasteiger partial charge is 0.251 e. The lowest BCUT2D eigenvalue weighted by atomic mass is 9.83. The van der Waals surface area contributed by atoms with E-state index in [1.165, 1.54) is 0 Å². The molecule has 0 saturated carbocycles. The number of piperidine rings is 1. The molecule has 3 unspecified atom stereocenters. The molecule has 116 valence electrons. The first-order chi connectivity index (χ1) is 9.79. The Bertz CT molecular complexity index is 504. The molecule has 0 aromatic heterocycles. The van der Waals surface area contributed by atoms with Crippen molar-refractivity contribution in [2.75, 3.05) is 0 Å². The van der Waals surface area contributed by atoms with Crippen molar-refractivity contribution >= 4 is 5.91 Å². The Balaban J connectivity index is 2.14. The number of carbonyl (C=O) groups is 1. The van der Waals surface area contributed by atoms with Gasteiger partial charge in [0.2, 0.25) is 0 Å². The van der Waals surface area contributed by atoms with Gasteiger partial charge in [-0.1, -0.05) is 39.0 Å². The molecule has 3 nitrogen and oxygen atoms in total. The number of hydrogen-bond donors (Lipinski definition) is 2. The molecule has 1 aliphatic heterocycles. The molecule has 21 heavy (non-hydrogen) atoms. The molecule has 0 aliphatic carbocycles. The van der Waals surface area contributed by atoms with Gasteiger partial charge < -0.3 is 10.6 Å². The number of benzene rings is 1. The average Bonchev–Trinajstić information content (AvgIpc) is 2.41. The van der Waals surface area contributed by atoms with Crippen LogP contribution in [0, 0.1) is 0 Å². The minimum Gasteiger partial charge on any atom is -0.348 e. The van der Waals surface area contributed by atoms with Gasteiger partial charge in [-0.15, -0.1) is 0 Å². The maximum atomic E-state index is 12.7. The van der Waals surface area contributed by atoms with Crippen LogP contribution in [0.15, 0.2) is 24.3 Å². The lowest BCUT2D eigenvalue weighted by molar-refractivity contribution is 0.0912. The van der Waals surface area contributed by atoms with E-state index in [1.54, 1.807) is 0 Å². The van der Waals surface area contributed by atoms with Gasteiger partial charge in [0.05, 0.1) is 0 Å². The van der Waals surface area contributed by atoms with Crippen molar-refractivity contribution in [3.8, 4) is 0 Å². The third-order valence-corrected chi connectivity index (χ3v) is 4.36. The first-order valence-corrected chi connectivity index (χ1v) is 7.95. The summed E-state index contributed by atoms with van der Waals surface area (Å²) >= 11 is 0. The maximum Gasteiger partial charge on any atom is 0.251 e. The summed E-state index contributed by atoms with van der Waals surface area (Å²) in [6.45, 7) is 10.8. The highest BCUT2D eigenvalue weighted by Crippen LogP contribution is 2.26. The van der Waals surface area contributed by atoms with E-state index >= 15 is 0 Å². The molecule has 3 heteroatoms. The van der Waals surface area contributed by atoms with Gasteiger partial charge in [-0.2, -0.15) is 0 Å². The second-order valence-corrected chi connectivity index (χ2v) is 7.31. The van der Waals surface area contributed by atoms with Crippen molar-refractivity contribution < 1.29 is 4.79 Å². The molecule has 1 heterocycles. The van der Waals surface area contributed by atoms with E-state index in [-0.39, 0.29) is 17.4 Å². The molecule has 1 saturated heterocycles. The normalized spacial score (nSPS) is 26.4. The van der Waals surface area contributed by atoms with Crippen molar-refractivity contribution in [3.05, 3.63) is 35.4 Å². The Labute approximate surface area is 128 Å². The highest BCUT2D eigenvalue weighted by atomic mass is 16.1. The Morgan fingerprint density at radius 2 is 1.86 bits per heavy atom. The molecule has 1 aromatic carbocycles. The molecule has 1 amide bonds. The van der Waals surface area contributed by atoms with Crippen molar-refractivity contribution in [1.82, 2.24) is 10.6 Å². The standard InChI is InChI=1S/C18H28N2O/c1-12-10-11-16(13(2)19-12)20-17(21)14-8-6-7-9-15(14)18(3,4)5/h6-9,12-13,16,19H,10-11H2,1-5H3,(H,20,21). The van der Waals surface area contributed by atoms with E-state index in [0.29, 0.717) is 12.1 Å². The molecule has 2 rings (SSSR count). The molecule has 1 aliphatic rings. The van der Waals surface area contributed by atoms with E-state index < -0.39 is 0 Å². The Kier molecular flexibility index (Phi) is 4.72. The quantitative estimate of drug-likeness (QED) is 0.877. The van der Waals surface area contributed by atoms with Crippen molar-refractivity contribution in [2.24, 2.45) is 0 Å². The van der Waals surface area contributed by atoms with E-state index in [0.717, 1.165) is 24.0 Å². The van der Waals surface area contributed by atoms with Gasteiger partial charge in [-0.3, -0.25) is 4.79 Å². The molecule has 1 fully saturated rings. The monoisotopic (exact) mass is 288 g/mol. The summed E-state index contributed by atoms with van der Waals surface area (Å²) in [7, 11) is 0. The van der Waals surface area contributed by atoms with Crippen LogP contribution < -0.4 is 10.6 Å². The molecule has 1 aromatic rings. The second kappa shape index (κ2) is 6.18. The predicted octanol–water partition coefficient (Wildman–Crippen LogP) is 3.24. The molecular formula is C18H28N2O. The second-order valence-electron chi connectivity index (χ2n) is 7.31. The van der Waals surface area contributed by atoms with Crippen LogP contribution in [0.3, 0.4) is 0 Å². The van der Waals surface area contributed by atoms with Crippen LogP contribution >= 0.6 is 0 Å². The third kappa shape index (κ3) is 3.85. The van der Waals surface area contributed by atoms with E-state index in [1.807, 2.05) is 18.2 Å². The number of nitrogens with one attached hydrogen (secondary N) is 2. The summed E-state index contributed by atoms with van der Waals surface area (Å²) in [6.07, 6.45) is 2.15. The summed E-state index contributed by atoms with van der Waals surface area (Å²) in [5.41, 5.74) is 1.88.